The maximum absolute atomic E-state index is 12.9. The Balaban J connectivity index is 1.70. The molecule has 2 heterocycles. The number of amides is 1. The van der Waals surface area contributed by atoms with Crippen molar-refractivity contribution >= 4 is 23.2 Å². The largest absolute Gasteiger partial charge is 0.352 e. The summed E-state index contributed by atoms with van der Waals surface area (Å²) in [5.41, 5.74) is 1.06. The van der Waals surface area contributed by atoms with Crippen molar-refractivity contribution in [2.75, 3.05) is 0 Å². The van der Waals surface area contributed by atoms with Crippen molar-refractivity contribution in [2.45, 2.75) is 68.8 Å². The maximum atomic E-state index is 12.9. The van der Waals surface area contributed by atoms with E-state index in [9.17, 15) is 4.79 Å². The van der Waals surface area contributed by atoms with Gasteiger partial charge in [-0.2, -0.15) is 0 Å². The van der Waals surface area contributed by atoms with E-state index >= 15 is 0 Å². The molecule has 2 aromatic rings. The Labute approximate surface area is 148 Å². The molecule has 5 heteroatoms. The number of carbonyl (C=O) groups excluding carboxylic acids is 1. The Bertz CT molecular complexity index is 674. The number of rotatable bonds is 5. The molecule has 0 saturated heterocycles. The van der Waals surface area contributed by atoms with Gasteiger partial charge in [0.05, 0.1) is 17.0 Å². The van der Waals surface area contributed by atoms with Gasteiger partial charge in [0.2, 0.25) is 5.91 Å². The van der Waals surface area contributed by atoms with E-state index in [1.54, 1.807) is 11.8 Å². The molecule has 0 aliphatic heterocycles. The molecule has 1 atom stereocenters. The third-order valence-corrected chi connectivity index (χ3v) is 6.23. The number of pyridine rings is 1. The average Bonchev–Trinajstić information content (AvgIpc) is 2.80. The second-order valence-corrected chi connectivity index (χ2v) is 8.12. The first-order valence-electron chi connectivity index (χ1n) is 9.04. The van der Waals surface area contributed by atoms with Gasteiger partial charge in [0, 0.05) is 12.2 Å². The molecule has 3 rings (SSSR count). The Hall–Kier alpha value is -1.49. The second-order valence-electron chi connectivity index (χ2n) is 7.02. The van der Waals surface area contributed by atoms with Gasteiger partial charge in [-0.1, -0.05) is 57.4 Å². The van der Waals surface area contributed by atoms with E-state index in [0.29, 0.717) is 6.04 Å². The maximum Gasteiger partial charge on any atom is 0.234 e. The summed E-state index contributed by atoms with van der Waals surface area (Å²) < 4.78 is 2.05. The first kappa shape index (κ1) is 17.3. The summed E-state index contributed by atoms with van der Waals surface area (Å²) in [5.74, 6) is 0.423. The summed E-state index contributed by atoms with van der Waals surface area (Å²) in [4.78, 5) is 17.4. The highest BCUT2D eigenvalue weighted by Gasteiger charge is 2.27. The fourth-order valence-electron chi connectivity index (χ4n) is 3.32. The van der Waals surface area contributed by atoms with Crippen LogP contribution >= 0.6 is 11.8 Å². The smallest absolute Gasteiger partial charge is 0.234 e. The van der Waals surface area contributed by atoms with Crippen LogP contribution in [0.15, 0.2) is 35.7 Å². The quantitative estimate of drug-likeness (QED) is 0.649. The minimum absolute atomic E-state index is 0.112. The zero-order valence-electron chi connectivity index (χ0n) is 14.6. The third-order valence-electron chi connectivity index (χ3n) is 4.70. The number of fused-ring (bicyclic) bond motifs is 1. The molecule has 0 aromatic carbocycles. The van der Waals surface area contributed by atoms with Crippen LogP contribution in [0.2, 0.25) is 0 Å². The van der Waals surface area contributed by atoms with Crippen LogP contribution in [0.4, 0.5) is 0 Å². The average molecular weight is 346 g/mol. The van der Waals surface area contributed by atoms with Gasteiger partial charge in [0.15, 0.2) is 5.16 Å². The van der Waals surface area contributed by atoms with Crippen molar-refractivity contribution in [2.24, 2.45) is 5.92 Å². The number of hydrogen-bond donors (Lipinski definition) is 1. The van der Waals surface area contributed by atoms with Crippen LogP contribution in [-0.4, -0.2) is 26.6 Å². The highest BCUT2D eigenvalue weighted by Crippen LogP contribution is 2.28. The number of thioether (sulfide) groups is 1. The monoisotopic (exact) mass is 345 g/mol. The summed E-state index contributed by atoms with van der Waals surface area (Å²) in [6.45, 7) is 4.22. The highest BCUT2D eigenvalue weighted by atomic mass is 32.2. The van der Waals surface area contributed by atoms with Gasteiger partial charge >= 0.3 is 0 Å². The van der Waals surface area contributed by atoms with E-state index < -0.39 is 0 Å². The SMILES string of the molecule is CC(C)C(Sc1ncc2ccccn12)C(=O)NC1CCCCCC1. The third kappa shape index (κ3) is 4.12. The van der Waals surface area contributed by atoms with Crippen LogP contribution in [0.3, 0.4) is 0 Å². The summed E-state index contributed by atoms with van der Waals surface area (Å²) in [6, 6.07) is 6.38. The Morgan fingerprint density at radius 3 is 2.71 bits per heavy atom. The first-order valence-corrected chi connectivity index (χ1v) is 9.92. The lowest BCUT2D eigenvalue weighted by Crippen LogP contribution is -2.42. The lowest BCUT2D eigenvalue weighted by Gasteiger charge is -2.23. The molecule has 0 spiro atoms. The molecule has 1 aliphatic carbocycles. The van der Waals surface area contributed by atoms with E-state index in [-0.39, 0.29) is 17.1 Å². The molecular weight excluding hydrogens is 318 g/mol. The van der Waals surface area contributed by atoms with E-state index in [1.165, 1.54) is 25.7 Å². The van der Waals surface area contributed by atoms with Crippen molar-refractivity contribution in [1.29, 1.82) is 0 Å². The zero-order chi connectivity index (χ0) is 16.9. The van der Waals surface area contributed by atoms with Gasteiger partial charge < -0.3 is 5.32 Å². The number of imidazole rings is 1. The molecule has 1 N–H and O–H groups in total. The first-order chi connectivity index (χ1) is 11.6. The molecule has 2 aromatic heterocycles. The topological polar surface area (TPSA) is 46.4 Å². The van der Waals surface area contributed by atoms with Gasteiger partial charge in [-0.3, -0.25) is 9.20 Å². The fraction of sp³-hybridized carbons (Fsp3) is 0.579. The van der Waals surface area contributed by atoms with Crippen molar-refractivity contribution in [3.05, 3.63) is 30.6 Å². The molecule has 130 valence electrons. The van der Waals surface area contributed by atoms with Crippen LogP contribution in [0.25, 0.3) is 5.52 Å². The van der Waals surface area contributed by atoms with Crippen molar-refractivity contribution in [3.8, 4) is 0 Å². The summed E-state index contributed by atoms with van der Waals surface area (Å²) >= 11 is 1.57. The number of aromatic nitrogens is 2. The number of nitrogens with zero attached hydrogens (tertiary/aromatic N) is 2. The van der Waals surface area contributed by atoms with Crippen LogP contribution in [-0.2, 0) is 4.79 Å². The number of hydrogen-bond acceptors (Lipinski definition) is 3. The van der Waals surface area contributed by atoms with Crippen LogP contribution in [0.1, 0.15) is 52.4 Å². The molecule has 24 heavy (non-hydrogen) atoms. The van der Waals surface area contributed by atoms with Gasteiger partial charge in [-0.15, -0.1) is 0 Å². The van der Waals surface area contributed by atoms with Gasteiger partial charge in [0.1, 0.15) is 0 Å². The van der Waals surface area contributed by atoms with Gasteiger partial charge in [-0.25, -0.2) is 4.98 Å². The number of nitrogens with one attached hydrogen (secondary N) is 1. The van der Waals surface area contributed by atoms with Crippen molar-refractivity contribution in [1.82, 2.24) is 14.7 Å². The Kier molecular flexibility index (Phi) is 5.82. The molecular formula is C19H27N3OS. The summed E-state index contributed by atoms with van der Waals surface area (Å²) in [7, 11) is 0. The lowest BCUT2D eigenvalue weighted by molar-refractivity contribution is -0.122. The zero-order valence-corrected chi connectivity index (χ0v) is 15.4. The molecule has 1 aliphatic rings. The minimum atomic E-state index is -0.112. The van der Waals surface area contributed by atoms with Crippen molar-refractivity contribution < 1.29 is 4.79 Å². The van der Waals surface area contributed by atoms with E-state index in [2.05, 4.69) is 28.5 Å². The normalized spacial score (nSPS) is 17.8. The highest BCUT2D eigenvalue weighted by molar-refractivity contribution is 8.00. The van der Waals surface area contributed by atoms with Crippen LogP contribution in [0, 0.1) is 5.92 Å². The summed E-state index contributed by atoms with van der Waals surface area (Å²) in [6.07, 6.45) is 11.2. The van der Waals surface area contributed by atoms with Crippen molar-refractivity contribution in [3.63, 3.8) is 0 Å². The second kappa shape index (κ2) is 8.06. The summed E-state index contributed by atoms with van der Waals surface area (Å²) in [5, 5.41) is 4.08. The minimum Gasteiger partial charge on any atom is -0.352 e. The van der Waals surface area contributed by atoms with E-state index in [0.717, 1.165) is 23.5 Å². The molecule has 0 radical (unpaired) electrons. The molecule has 1 saturated carbocycles. The predicted molar refractivity (Wildman–Crippen MR) is 99.3 cm³/mol. The standard InChI is InChI=1S/C19H27N3OS/c1-14(2)17(18(23)21-15-9-5-3-4-6-10-15)24-19-20-13-16-11-7-8-12-22(16)19/h7-8,11-15,17H,3-6,9-10H2,1-2H3,(H,21,23). The molecule has 1 unspecified atom stereocenters. The molecule has 0 bridgehead atoms. The molecule has 1 amide bonds. The Morgan fingerprint density at radius 2 is 2.00 bits per heavy atom. The Morgan fingerprint density at radius 1 is 1.25 bits per heavy atom. The molecule has 1 fully saturated rings. The van der Waals surface area contributed by atoms with Gasteiger partial charge in [-0.05, 0) is 30.9 Å². The van der Waals surface area contributed by atoms with E-state index in [4.69, 9.17) is 0 Å². The fourth-order valence-corrected chi connectivity index (χ4v) is 4.39. The van der Waals surface area contributed by atoms with Gasteiger partial charge in [0.25, 0.3) is 0 Å². The molecule has 4 nitrogen and oxygen atoms in total. The number of carbonyl (C=O) groups is 1. The lowest BCUT2D eigenvalue weighted by atomic mass is 10.1. The van der Waals surface area contributed by atoms with Crippen LogP contribution < -0.4 is 5.32 Å². The van der Waals surface area contributed by atoms with E-state index in [1.807, 2.05) is 30.6 Å². The predicted octanol–water partition coefficient (Wildman–Crippen LogP) is 4.29. The van der Waals surface area contributed by atoms with Crippen LogP contribution in [0.5, 0.6) is 0 Å².